The summed E-state index contributed by atoms with van der Waals surface area (Å²) in [6.07, 6.45) is 6.05. The number of likely N-dealkylation sites (tertiary alicyclic amines) is 1. The van der Waals surface area contributed by atoms with Crippen LogP contribution in [0.5, 0.6) is 5.75 Å². The number of pyridine rings is 2. The average Bonchev–Trinajstić information content (AvgIpc) is 2.51. The van der Waals surface area contributed by atoms with Crippen LogP contribution in [-0.2, 0) is 0 Å². The van der Waals surface area contributed by atoms with Gasteiger partial charge < -0.3 is 9.64 Å². The van der Waals surface area contributed by atoms with Crippen molar-refractivity contribution in [2.45, 2.75) is 18.9 Å². The van der Waals surface area contributed by atoms with E-state index in [1.54, 1.807) is 12.4 Å². The molecule has 1 fully saturated rings. The number of hydrogen-bond acceptors (Lipinski definition) is 4. The summed E-state index contributed by atoms with van der Waals surface area (Å²) in [5.41, 5.74) is 1.76. The molecule has 3 heterocycles. The summed E-state index contributed by atoms with van der Waals surface area (Å²) in [4.78, 5) is 11.1. The Kier molecular flexibility index (Phi) is 3.92. The first-order valence-corrected chi connectivity index (χ1v) is 7.04. The lowest BCUT2D eigenvalue weighted by atomic mass is 10.1. The number of ether oxygens (including phenoxy) is 1. The molecule has 0 amide bonds. The topological polar surface area (TPSA) is 38.2 Å². The van der Waals surface area contributed by atoms with Crippen molar-refractivity contribution in [2.24, 2.45) is 0 Å². The fourth-order valence-electron chi connectivity index (χ4n) is 2.41. The highest BCUT2D eigenvalue weighted by molar-refractivity contribution is 5.53. The molecule has 0 atom stereocenters. The molecule has 0 saturated carbocycles. The molecule has 1 aliphatic rings. The molecule has 0 radical (unpaired) electrons. The van der Waals surface area contributed by atoms with Crippen molar-refractivity contribution in [2.75, 3.05) is 20.1 Å². The minimum Gasteiger partial charge on any atom is -0.489 e. The first kappa shape index (κ1) is 13.1. The lowest BCUT2D eigenvalue weighted by molar-refractivity contribution is 0.114. The minimum atomic E-state index is 0.314. The Balaban J connectivity index is 1.65. The van der Waals surface area contributed by atoms with Crippen molar-refractivity contribution >= 4 is 0 Å². The maximum Gasteiger partial charge on any atom is 0.138 e. The second kappa shape index (κ2) is 6.01. The second-order valence-electron chi connectivity index (χ2n) is 5.21. The van der Waals surface area contributed by atoms with E-state index in [1.807, 2.05) is 30.3 Å². The zero-order valence-electron chi connectivity index (χ0n) is 11.7. The molecular weight excluding hydrogens is 250 g/mol. The third-order valence-electron chi connectivity index (χ3n) is 3.63. The molecule has 3 rings (SSSR count). The van der Waals surface area contributed by atoms with Crippen LogP contribution in [0.4, 0.5) is 0 Å². The Hall–Kier alpha value is -1.94. The second-order valence-corrected chi connectivity index (χ2v) is 5.21. The first-order valence-electron chi connectivity index (χ1n) is 7.04. The van der Waals surface area contributed by atoms with E-state index in [-0.39, 0.29) is 0 Å². The maximum atomic E-state index is 5.98. The molecule has 20 heavy (non-hydrogen) atoms. The van der Waals surface area contributed by atoms with Crippen LogP contribution in [0.15, 0.2) is 42.7 Å². The summed E-state index contributed by atoms with van der Waals surface area (Å²) in [6.45, 7) is 2.20. The van der Waals surface area contributed by atoms with Gasteiger partial charge in [-0.1, -0.05) is 6.07 Å². The minimum absolute atomic E-state index is 0.314. The number of hydrogen-bond donors (Lipinski definition) is 0. The average molecular weight is 269 g/mol. The highest BCUT2D eigenvalue weighted by Crippen LogP contribution is 2.20. The Morgan fingerprint density at radius 3 is 2.50 bits per heavy atom. The Labute approximate surface area is 119 Å². The monoisotopic (exact) mass is 269 g/mol. The molecule has 0 spiro atoms. The van der Waals surface area contributed by atoms with Gasteiger partial charge in [0.05, 0.1) is 17.6 Å². The van der Waals surface area contributed by atoms with Gasteiger partial charge in [0.2, 0.25) is 0 Å². The van der Waals surface area contributed by atoms with Crippen LogP contribution in [0.25, 0.3) is 11.4 Å². The summed E-state index contributed by atoms with van der Waals surface area (Å²) in [6, 6.07) is 9.77. The van der Waals surface area contributed by atoms with E-state index in [9.17, 15) is 0 Å². The molecule has 0 bridgehead atoms. The summed E-state index contributed by atoms with van der Waals surface area (Å²) >= 11 is 0. The van der Waals surface area contributed by atoms with E-state index in [4.69, 9.17) is 4.74 Å². The normalized spacial score (nSPS) is 17.1. The highest BCUT2D eigenvalue weighted by atomic mass is 16.5. The van der Waals surface area contributed by atoms with Gasteiger partial charge in [-0.05, 0) is 44.2 Å². The molecule has 104 valence electrons. The zero-order valence-corrected chi connectivity index (χ0v) is 11.7. The van der Waals surface area contributed by atoms with E-state index < -0.39 is 0 Å². The zero-order chi connectivity index (χ0) is 13.8. The highest BCUT2D eigenvalue weighted by Gasteiger charge is 2.18. The number of nitrogens with zero attached hydrogens (tertiary/aromatic N) is 3. The van der Waals surface area contributed by atoms with E-state index in [0.29, 0.717) is 6.10 Å². The van der Waals surface area contributed by atoms with Gasteiger partial charge in [-0.25, -0.2) is 0 Å². The standard InChI is InChI=1S/C16H19N3O/c1-19-10-7-13(8-11-19)20-14-5-6-16(18-12-14)15-4-2-3-9-17-15/h2-6,9,12-13H,7-8,10-11H2,1H3. The molecule has 2 aromatic rings. The van der Waals surface area contributed by atoms with E-state index >= 15 is 0 Å². The molecule has 0 aliphatic carbocycles. The summed E-state index contributed by atoms with van der Waals surface area (Å²) in [5.74, 6) is 0.847. The quantitative estimate of drug-likeness (QED) is 0.858. The van der Waals surface area contributed by atoms with Crippen LogP contribution >= 0.6 is 0 Å². The molecule has 1 aliphatic heterocycles. The fraction of sp³-hybridized carbons (Fsp3) is 0.375. The van der Waals surface area contributed by atoms with Gasteiger partial charge in [0.25, 0.3) is 0 Å². The van der Waals surface area contributed by atoms with E-state index in [0.717, 1.165) is 43.1 Å². The predicted molar refractivity (Wildman–Crippen MR) is 78.6 cm³/mol. The summed E-state index contributed by atoms with van der Waals surface area (Å²) in [5, 5.41) is 0. The number of aromatic nitrogens is 2. The number of rotatable bonds is 3. The van der Waals surface area contributed by atoms with Crippen molar-refractivity contribution in [3.05, 3.63) is 42.7 Å². The Bertz CT molecular complexity index is 533. The van der Waals surface area contributed by atoms with Gasteiger partial charge in [0, 0.05) is 19.3 Å². The van der Waals surface area contributed by atoms with Gasteiger partial charge in [-0.3, -0.25) is 9.97 Å². The van der Waals surface area contributed by atoms with Gasteiger partial charge in [0.1, 0.15) is 11.9 Å². The lowest BCUT2D eigenvalue weighted by Crippen LogP contribution is -2.35. The van der Waals surface area contributed by atoms with Crippen LogP contribution in [0.2, 0.25) is 0 Å². The van der Waals surface area contributed by atoms with Crippen LogP contribution in [-0.4, -0.2) is 41.1 Å². The van der Waals surface area contributed by atoms with Gasteiger partial charge in [0.15, 0.2) is 0 Å². The molecule has 4 nitrogen and oxygen atoms in total. The van der Waals surface area contributed by atoms with Crippen molar-refractivity contribution in [3.8, 4) is 17.1 Å². The van der Waals surface area contributed by atoms with Gasteiger partial charge >= 0.3 is 0 Å². The smallest absolute Gasteiger partial charge is 0.138 e. The first-order chi connectivity index (χ1) is 9.81. The third-order valence-corrected chi connectivity index (χ3v) is 3.63. The number of piperidine rings is 1. The SMILES string of the molecule is CN1CCC(Oc2ccc(-c3ccccn3)nc2)CC1. The van der Waals surface area contributed by atoms with E-state index in [1.165, 1.54) is 0 Å². The van der Waals surface area contributed by atoms with Crippen LogP contribution in [0, 0.1) is 0 Å². The van der Waals surface area contributed by atoms with Gasteiger partial charge in [-0.15, -0.1) is 0 Å². The largest absolute Gasteiger partial charge is 0.489 e. The van der Waals surface area contributed by atoms with Crippen LogP contribution < -0.4 is 4.74 Å². The van der Waals surface area contributed by atoms with Crippen molar-refractivity contribution in [1.29, 1.82) is 0 Å². The molecular formula is C16H19N3O. The Morgan fingerprint density at radius 1 is 1.05 bits per heavy atom. The molecule has 0 unspecified atom stereocenters. The van der Waals surface area contributed by atoms with Crippen molar-refractivity contribution < 1.29 is 4.74 Å². The molecule has 0 N–H and O–H groups in total. The fourth-order valence-corrected chi connectivity index (χ4v) is 2.41. The Morgan fingerprint density at radius 2 is 1.85 bits per heavy atom. The van der Waals surface area contributed by atoms with Crippen LogP contribution in [0.1, 0.15) is 12.8 Å². The maximum absolute atomic E-state index is 5.98. The molecule has 0 aromatic carbocycles. The molecule has 1 saturated heterocycles. The lowest BCUT2D eigenvalue weighted by Gasteiger charge is -2.29. The molecule has 4 heteroatoms. The van der Waals surface area contributed by atoms with Gasteiger partial charge in [-0.2, -0.15) is 0 Å². The van der Waals surface area contributed by atoms with E-state index in [2.05, 4.69) is 21.9 Å². The predicted octanol–water partition coefficient (Wildman–Crippen LogP) is 2.62. The summed E-state index contributed by atoms with van der Waals surface area (Å²) in [7, 11) is 2.15. The third kappa shape index (κ3) is 3.14. The van der Waals surface area contributed by atoms with Crippen LogP contribution in [0.3, 0.4) is 0 Å². The van der Waals surface area contributed by atoms with Crippen molar-refractivity contribution in [3.63, 3.8) is 0 Å². The van der Waals surface area contributed by atoms with Crippen molar-refractivity contribution in [1.82, 2.24) is 14.9 Å². The summed E-state index contributed by atoms with van der Waals surface area (Å²) < 4.78 is 5.98. The molecule has 2 aromatic heterocycles.